The zero-order chi connectivity index (χ0) is 12.8. The minimum Gasteiger partial charge on any atom is -0.380 e. The molecule has 0 saturated heterocycles. The number of hydrogen-bond acceptors (Lipinski definition) is 3. The van der Waals surface area contributed by atoms with Gasteiger partial charge in [0.15, 0.2) is 0 Å². The normalized spacial score (nSPS) is 10.3. The van der Waals surface area contributed by atoms with Gasteiger partial charge in [0.25, 0.3) is 0 Å². The van der Waals surface area contributed by atoms with Gasteiger partial charge in [-0.15, -0.1) is 0 Å². The lowest BCUT2D eigenvalue weighted by atomic mass is 10.1. The van der Waals surface area contributed by atoms with E-state index in [1.807, 2.05) is 19.3 Å². The van der Waals surface area contributed by atoms with Crippen molar-refractivity contribution in [2.75, 3.05) is 12.4 Å². The van der Waals surface area contributed by atoms with Gasteiger partial charge >= 0.3 is 0 Å². The average molecular weight is 242 g/mol. The molecule has 94 valence electrons. The molecule has 0 bridgehead atoms. The van der Waals surface area contributed by atoms with E-state index in [0.717, 1.165) is 17.8 Å². The molecule has 1 N–H and O–H groups in total. The topological polar surface area (TPSA) is 34.1 Å². The van der Waals surface area contributed by atoms with Crippen LogP contribution in [0, 0.1) is 6.92 Å². The third-order valence-electron chi connectivity index (χ3n) is 2.67. The third-order valence-corrected chi connectivity index (χ3v) is 2.67. The highest BCUT2D eigenvalue weighted by Gasteiger charge is 1.97. The van der Waals surface area contributed by atoms with E-state index in [0.29, 0.717) is 6.61 Å². The van der Waals surface area contributed by atoms with Crippen LogP contribution in [0.15, 0.2) is 42.7 Å². The molecule has 0 saturated carbocycles. The lowest BCUT2D eigenvalue weighted by molar-refractivity contribution is 0.185. The van der Waals surface area contributed by atoms with Crippen molar-refractivity contribution in [3.8, 4) is 0 Å². The fourth-order valence-electron chi connectivity index (χ4n) is 1.85. The Morgan fingerprint density at radius 3 is 2.78 bits per heavy atom. The summed E-state index contributed by atoms with van der Waals surface area (Å²) in [5.41, 5.74) is 4.64. The molecule has 0 fully saturated rings. The van der Waals surface area contributed by atoms with Gasteiger partial charge in [-0.3, -0.25) is 4.98 Å². The Morgan fingerprint density at radius 2 is 2.00 bits per heavy atom. The Bertz CT molecular complexity index is 511. The lowest BCUT2D eigenvalue weighted by Gasteiger charge is -2.08. The largest absolute Gasteiger partial charge is 0.380 e. The number of methoxy groups -OCH3 is 1. The molecule has 0 atom stereocenters. The second-order valence-electron chi connectivity index (χ2n) is 4.36. The number of nitrogens with zero attached hydrogens (tertiary/aromatic N) is 1. The molecule has 3 heteroatoms. The van der Waals surface area contributed by atoms with Crippen molar-refractivity contribution in [1.29, 1.82) is 0 Å². The number of anilines is 1. The number of hydrogen-bond donors (Lipinski definition) is 1. The van der Waals surface area contributed by atoms with Gasteiger partial charge in [-0.1, -0.05) is 24.3 Å². The maximum atomic E-state index is 5.13. The predicted molar refractivity (Wildman–Crippen MR) is 73.5 cm³/mol. The van der Waals surface area contributed by atoms with E-state index >= 15 is 0 Å². The first-order chi connectivity index (χ1) is 8.78. The second kappa shape index (κ2) is 6.17. The van der Waals surface area contributed by atoms with Gasteiger partial charge in [-0.05, 0) is 29.7 Å². The third kappa shape index (κ3) is 3.57. The summed E-state index contributed by atoms with van der Waals surface area (Å²) in [5, 5.41) is 3.37. The summed E-state index contributed by atoms with van der Waals surface area (Å²) in [7, 11) is 1.71. The molecule has 2 rings (SSSR count). The lowest BCUT2D eigenvalue weighted by Crippen LogP contribution is -2.01. The average Bonchev–Trinajstić information content (AvgIpc) is 2.37. The maximum Gasteiger partial charge on any atom is 0.0713 e. The number of aryl methyl sites for hydroxylation is 1. The number of pyridine rings is 1. The number of aromatic nitrogens is 1. The molecule has 1 aromatic heterocycles. The molecule has 1 aromatic carbocycles. The summed E-state index contributed by atoms with van der Waals surface area (Å²) in [4.78, 5) is 4.16. The summed E-state index contributed by atoms with van der Waals surface area (Å²) in [5.74, 6) is 0. The van der Waals surface area contributed by atoms with E-state index < -0.39 is 0 Å². The highest BCUT2D eigenvalue weighted by atomic mass is 16.5. The van der Waals surface area contributed by atoms with E-state index in [2.05, 4.69) is 40.6 Å². The van der Waals surface area contributed by atoms with Gasteiger partial charge in [0, 0.05) is 26.0 Å². The molecule has 2 aromatic rings. The summed E-state index contributed by atoms with van der Waals surface area (Å²) >= 11 is 0. The molecule has 0 aliphatic rings. The van der Waals surface area contributed by atoms with Crippen LogP contribution in [0.1, 0.15) is 16.7 Å². The van der Waals surface area contributed by atoms with Gasteiger partial charge in [-0.25, -0.2) is 0 Å². The zero-order valence-electron chi connectivity index (χ0n) is 10.8. The van der Waals surface area contributed by atoms with Crippen LogP contribution in [0.25, 0.3) is 0 Å². The van der Waals surface area contributed by atoms with E-state index in [4.69, 9.17) is 4.74 Å². The van der Waals surface area contributed by atoms with Crippen LogP contribution in [0.4, 0.5) is 5.69 Å². The number of nitrogens with one attached hydrogen (secondary N) is 1. The van der Waals surface area contributed by atoms with Crippen LogP contribution in [0.3, 0.4) is 0 Å². The molecule has 0 unspecified atom stereocenters. The van der Waals surface area contributed by atoms with Gasteiger partial charge in [0.1, 0.15) is 0 Å². The quantitative estimate of drug-likeness (QED) is 0.874. The van der Waals surface area contributed by atoms with Crippen molar-refractivity contribution in [2.24, 2.45) is 0 Å². The van der Waals surface area contributed by atoms with E-state index in [1.54, 1.807) is 7.11 Å². The van der Waals surface area contributed by atoms with Crippen LogP contribution in [-0.2, 0) is 17.9 Å². The smallest absolute Gasteiger partial charge is 0.0713 e. The minimum atomic E-state index is 0.653. The Hall–Kier alpha value is -1.87. The Labute approximate surface area is 108 Å². The van der Waals surface area contributed by atoms with Crippen LogP contribution in [-0.4, -0.2) is 12.1 Å². The van der Waals surface area contributed by atoms with Crippen molar-refractivity contribution in [3.63, 3.8) is 0 Å². The molecule has 1 heterocycles. The molecule has 0 aliphatic carbocycles. The Kier molecular flexibility index (Phi) is 4.31. The van der Waals surface area contributed by atoms with Gasteiger partial charge < -0.3 is 10.1 Å². The molecule has 0 radical (unpaired) electrons. The maximum absolute atomic E-state index is 5.13. The molecule has 3 nitrogen and oxygen atoms in total. The van der Waals surface area contributed by atoms with Gasteiger partial charge in [-0.2, -0.15) is 0 Å². The monoisotopic (exact) mass is 242 g/mol. The highest BCUT2D eigenvalue weighted by molar-refractivity contribution is 5.43. The Morgan fingerprint density at radius 1 is 1.17 bits per heavy atom. The van der Waals surface area contributed by atoms with Crippen molar-refractivity contribution >= 4 is 5.69 Å². The fraction of sp³-hybridized carbons (Fsp3) is 0.267. The molecular weight excluding hydrogens is 224 g/mol. The molecule has 0 aliphatic heterocycles. The summed E-state index contributed by atoms with van der Waals surface area (Å²) in [6.07, 6.45) is 3.69. The standard InChI is InChI=1S/C15H18N2O/c1-12-6-15(10-16-8-12)17-9-13-4-3-5-14(7-13)11-18-2/h3-8,10,17H,9,11H2,1-2H3. The second-order valence-corrected chi connectivity index (χ2v) is 4.36. The van der Waals surface area contributed by atoms with Crippen molar-refractivity contribution < 1.29 is 4.74 Å². The molecular formula is C15H18N2O. The molecule has 0 spiro atoms. The SMILES string of the molecule is COCc1cccc(CNc2cncc(C)c2)c1. The van der Waals surface area contributed by atoms with Crippen molar-refractivity contribution in [2.45, 2.75) is 20.1 Å². The Balaban J connectivity index is 1.99. The first-order valence-electron chi connectivity index (χ1n) is 6.00. The van der Waals surface area contributed by atoms with Crippen LogP contribution in [0.5, 0.6) is 0 Å². The predicted octanol–water partition coefficient (Wildman–Crippen LogP) is 3.15. The molecule has 18 heavy (non-hydrogen) atoms. The van der Waals surface area contributed by atoms with Gasteiger partial charge in [0.2, 0.25) is 0 Å². The molecule has 0 amide bonds. The van der Waals surface area contributed by atoms with E-state index in [9.17, 15) is 0 Å². The number of ether oxygens (including phenoxy) is 1. The van der Waals surface area contributed by atoms with Crippen LogP contribution < -0.4 is 5.32 Å². The van der Waals surface area contributed by atoms with E-state index in [1.165, 1.54) is 11.1 Å². The summed E-state index contributed by atoms with van der Waals surface area (Å²) in [6, 6.07) is 10.5. The first-order valence-corrected chi connectivity index (χ1v) is 6.00. The number of rotatable bonds is 5. The van der Waals surface area contributed by atoms with Crippen molar-refractivity contribution in [3.05, 3.63) is 59.4 Å². The fourth-order valence-corrected chi connectivity index (χ4v) is 1.85. The van der Waals surface area contributed by atoms with Gasteiger partial charge in [0.05, 0.1) is 12.3 Å². The minimum absolute atomic E-state index is 0.653. The van der Waals surface area contributed by atoms with Crippen LogP contribution >= 0.6 is 0 Å². The van der Waals surface area contributed by atoms with Crippen molar-refractivity contribution in [1.82, 2.24) is 4.98 Å². The highest BCUT2D eigenvalue weighted by Crippen LogP contribution is 2.11. The van der Waals surface area contributed by atoms with Crippen LogP contribution in [0.2, 0.25) is 0 Å². The zero-order valence-corrected chi connectivity index (χ0v) is 10.8. The summed E-state index contributed by atoms with van der Waals surface area (Å²) < 4.78 is 5.13. The van der Waals surface area contributed by atoms with E-state index in [-0.39, 0.29) is 0 Å². The first kappa shape index (κ1) is 12.6. The number of benzene rings is 1. The summed E-state index contributed by atoms with van der Waals surface area (Å²) in [6.45, 7) is 3.49.